The Morgan fingerprint density at radius 1 is 0.971 bits per heavy atom. The second kappa shape index (κ2) is 10.6. The van der Waals surface area contributed by atoms with E-state index in [2.05, 4.69) is 4.74 Å². The number of carbonyl (C=O) groups is 5. The standard InChI is InChI=1S/C25H22N2O7S/c1-33-22(29)13-21-26(20(28)15-35-21)11-4-12-34-25(32)17-9-7-16(8-10-17)14-27-23(30)18-5-2-3-6-19(18)24(27)31/h2-3,5-10,13H,4,11-12,14-15H2,1H3/b21-13+. The molecule has 2 aromatic rings. The second-order valence-corrected chi connectivity index (χ2v) is 8.76. The first-order valence-electron chi connectivity index (χ1n) is 10.8. The molecule has 4 rings (SSSR count). The predicted molar refractivity (Wildman–Crippen MR) is 126 cm³/mol. The summed E-state index contributed by atoms with van der Waals surface area (Å²) in [6.45, 7) is 0.502. The average molecular weight is 495 g/mol. The molecule has 10 heteroatoms. The topological polar surface area (TPSA) is 110 Å². The van der Waals surface area contributed by atoms with Gasteiger partial charge in [0, 0.05) is 6.54 Å². The summed E-state index contributed by atoms with van der Waals surface area (Å²) in [6.07, 6.45) is 1.67. The van der Waals surface area contributed by atoms with Gasteiger partial charge in [0.2, 0.25) is 5.91 Å². The fraction of sp³-hybridized carbons (Fsp3) is 0.240. The number of carbonyl (C=O) groups excluding carboxylic acids is 5. The molecule has 9 nitrogen and oxygen atoms in total. The summed E-state index contributed by atoms with van der Waals surface area (Å²) in [7, 11) is 1.27. The molecule has 0 unspecified atom stereocenters. The van der Waals surface area contributed by atoms with E-state index in [-0.39, 0.29) is 36.6 Å². The number of amides is 3. The van der Waals surface area contributed by atoms with Crippen LogP contribution in [0.1, 0.15) is 43.1 Å². The highest BCUT2D eigenvalue weighted by Crippen LogP contribution is 2.29. The average Bonchev–Trinajstić information content (AvgIpc) is 3.33. The van der Waals surface area contributed by atoms with E-state index in [0.29, 0.717) is 40.2 Å². The van der Waals surface area contributed by atoms with Gasteiger partial charge in [0.1, 0.15) is 0 Å². The fourth-order valence-electron chi connectivity index (χ4n) is 3.71. The Hall–Kier alpha value is -3.92. The minimum Gasteiger partial charge on any atom is -0.466 e. The molecule has 0 aromatic heterocycles. The summed E-state index contributed by atoms with van der Waals surface area (Å²) in [6, 6.07) is 13.2. The number of esters is 2. The molecule has 0 bridgehead atoms. The third-order valence-electron chi connectivity index (χ3n) is 5.52. The Morgan fingerprint density at radius 3 is 2.26 bits per heavy atom. The minimum absolute atomic E-state index is 0.0928. The van der Waals surface area contributed by atoms with E-state index in [9.17, 15) is 24.0 Å². The van der Waals surface area contributed by atoms with Crippen molar-refractivity contribution in [2.45, 2.75) is 13.0 Å². The van der Waals surface area contributed by atoms with Crippen LogP contribution in [-0.2, 0) is 25.6 Å². The molecule has 1 fully saturated rings. The molecular weight excluding hydrogens is 472 g/mol. The molecule has 0 spiro atoms. The Labute approximate surface area is 205 Å². The van der Waals surface area contributed by atoms with E-state index >= 15 is 0 Å². The fourth-order valence-corrected chi connectivity index (χ4v) is 4.67. The maximum absolute atomic E-state index is 12.5. The Kier molecular flexibility index (Phi) is 7.31. The third-order valence-corrected chi connectivity index (χ3v) is 6.55. The van der Waals surface area contributed by atoms with Crippen LogP contribution in [0.3, 0.4) is 0 Å². The summed E-state index contributed by atoms with van der Waals surface area (Å²) >= 11 is 1.26. The Balaban J connectivity index is 1.27. The van der Waals surface area contributed by atoms with Crippen LogP contribution in [0.15, 0.2) is 59.6 Å². The van der Waals surface area contributed by atoms with E-state index in [4.69, 9.17) is 4.74 Å². The first-order valence-corrected chi connectivity index (χ1v) is 11.8. The van der Waals surface area contributed by atoms with Gasteiger partial charge >= 0.3 is 11.9 Å². The molecule has 1 saturated heterocycles. The molecule has 3 amide bonds. The maximum atomic E-state index is 12.5. The van der Waals surface area contributed by atoms with Crippen molar-refractivity contribution in [2.24, 2.45) is 0 Å². The third kappa shape index (κ3) is 5.27. The molecule has 2 aliphatic heterocycles. The lowest BCUT2D eigenvalue weighted by Crippen LogP contribution is -2.29. The van der Waals surface area contributed by atoms with Crippen LogP contribution >= 0.6 is 11.8 Å². The van der Waals surface area contributed by atoms with Crippen molar-refractivity contribution in [3.63, 3.8) is 0 Å². The van der Waals surface area contributed by atoms with Crippen molar-refractivity contribution in [1.82, 2.24) is 9.80 Å². The highest BCUT2D eigenvalue weighted by atomic mass is 32.2. The largest absolute Gasteiger partial charge is 0.466 e. The summed E-state index contributed by atoms with van der Waals surface area (Å²) in [5.41, 5.74) is 1.81. The SMILES string of the molecule is COC(=O)/C=C1/SCC(=O)N1CCCOC(=O)c1ccc(CN2C(=O)c3ccccc3C2=O)cc1. The molecule has 0 radical (unpaired) electrons. The lowest BCUT2D eigenvalue weighted by Gasteiger charge is -2.16. The van der Waals surface area contributed by atoms with Gasteiger partial charge in [0.25, 0.3) is 11.8 Å². The number of rotatable bonds is 8. The van der Waals surface area contributed by atoms with Crippen molar-refractivity contribution in [3.8, 4) is 0 Å². The van der Waals surface area contributed by atoms with Crippen LogP contribution in [0, 0.1) is 0 Å². The molecule has 180 valence electrons. The van der Waals surface area contributed by atoms with Gasteiger partial charge in [-0.1, -0.05) is 36.0 Å². The molecule has 35 heavy (non-hydrogen) atoms. The predicted octanol–water partition coefficient (Wildman–Crippen LogP) is 2.62. The van der Waals surface area contributed by atoms with E-state index in [1.54, 1.807) is 48.5 Å². The quantitative estimate of drug-likeness (QED) is 0.238. The second-order valence-electron chi connectivity index (χ2n) is 7.77. The molecule has 2 aliphatic rings. The number of ether oxygens (including phenoxy) is 2. The number of hydrogen-bond acceptors (Lipinski definition) is 8. The molecule has 0 N–H and O–H groups in total. The summed E-state index contributed by atoms with van der Waals surface area (Å²) in [5, 5.41) is 0.516. The van der Waals surface area contributed by atoms with Gasteiger partial charge in [-0.25, -0.2) is 9.59 Å². The van der Waals surface area contributed by atoms with Crippen molar-refractivity contribution >= 4 is 41.4 Å². The van der Waals surface area contributed by atoms with Crippen molar-refractivity contribution in [1.29, 1.82) is 0 Å². The lowest BCUT2D eigenvalue weighted by molar-refractivity contribution is -0.134. The highest BCUT2D eigenvalue weighted by molar-refractivity contribution is 8.04. The van der Waals surface area contributed by atoms with E-state index in [1.807, 2.05) is 0 Å². The number of benzene rings is 2. The number of hydrogen-bond donors (Lipinski definition) is 0. The van der Waals surface area contributed by atoms with Crippen molar-refractivity contribution in [2.75, 3.05) is 26.0 Å². The Morgan fingerprint density at radius 2 is 1.63 bits per heavy atom. The van der Waals surface area contributed by atoms with E-state index in [1.165, 1.54) is 34.7 Å². The smallest absolute Gasteiger partial charge is 0.338 e. The van der Waals surface area contributed by atoms with Crippen LogP contribution < -0.4 is 0 Å². The Bertz CT molecular complexity index is 1190. The first-order chi connectivity index (χ1) is 16.9. The molecule has 0 aliphatic carbocycles. The number of nitrogens with zero attached hydrogens (tertiary/aromatic N) is 2. The van der Waals surface area contributed by atoms with Crippen LogP contribution in [0.25, 0.3) is 0 Å². The van der Waals surface area contributed by atoms with Crippen LogP contribution in [0.5, 0.6) is 0 Å². The van der Waals surface area contributed by atoms with Crippen LogP contribution in [0.4, 0.5) is 0 Å². The minimum atomic E-state index is -0.537. The normalized spacial score (nSPS) is 16.1. The summed E-state index contributed by atoms with van der Waals surface area (Å²) < 4.78 is 9.90. The van der Waals surface area contributed by atoms with Crippen molar-refractivity contribution in [3.05, 3.63) is 81.9 Å². The van der Waals surface area contributed by atoms with Gasteiger partial charge < -0.3 is 14.4 Å². The van der Waals surface area contributed by atoms with Gasteiger partial charge in [-0.05, 0) is 36.2 Å². The van der Waals surface area contributed by atoms with Crippen LogP contribution in [0.2, 0.25) is 0 Å². The molecule has 2 heterocycles. The number of methoxy groups -OCH3 is 1. The molecule has 0 saturated carbocycles. The molecule has 0 atom stereocenters. The zero-order chi connectivity index (χ0) is 24.9. The zero-order valence-corrected chi connectivity index (χ0v) is 19.7. The molecule has 2 aromatic carbocycles. The lowest BCUT2D eigenvalue weighted by atomic mass is 10.1. The summed E-state index contributed by atoms with van der Waals surface area (Å²) in [4.78, 5) is 63.5. The monoisotopic (exact) mass is 494 g/mol. The maximum Gasteiger partial charge on any atom is 0.338 e. The van der Waals surface area contributed by atoms with Gasteiger partial charge in [-0.2, -0.15) is 0 Å². The van der Waals surface area contributed by atoms with Gasteiger partial charge in [0.05, 0.1) is 53.8 Å². The van der Waals surface area contributed by atoms with Gasteiger partial charge in [-0.3, -0.25) is 19.3 Å². The number of thioether (sulfide) groups is 1. The molecular formula is C25H22N2O7S. The first kappa shape index (κ1) is 24.2. The number of imide groups is 1. The van der Waals surface area contributed by atoms with Gasteiger partial charge in [-0.15, -0.1) is 0 Å². The highest BCUT2D eigenvalue weighted by Gasteiger charge is 2.35. The summed E-state index contributed by atoms with van der Waals surface area (Å²) in [5.74, 6) is -1.61. The van der Waals surface area contributed by atoms with Crippen LogP contribution in [-0.4, -0.2) is 65.5 Å². The number of fused-ring (bicyclic) bond motifs is 1. The van der Waals surface area contributed by atoms with E-state index < -0.39 is 11.9 Å². The zero-order valence-electron chi connectivity index (χ0n) is 18.9. The van der Waals surface area contributed by atoms with Gasteiger partial charge in [0.15, 0.2) is 0 Å². The van der Waals surface area contributed by atoms with E-state index in [0.717, 1.165) is 0 Å². The van der Waals surface area contributed by atoms with Crippen molar-refractivity contribution < 1.29 is 33.4 Å².